The molecular formula is C8H17NO. The first kappa shape index (κ1) is 8.02. The summed E-state index contributed by atoms with van der Waals surface area (Å²) in [6.45, 7) is 3.33. The van der Waals surface area contributed by atoms with Crippen LogP contribution in [0.2, 0.25) is 0 Å². The maximum Gasteiger partial charge on any atom is 0.0465 e. The van der Waals surface area contributed by atoms with Gasteiger partial charge in [0, 0.05) is 13.7 Å². The molecule has 0 aliphatic carbocycles. The Bertz CT molecular complexity index is 79.3. The molecule has 2 nitrogen and oxygen atoms in total. The van der Waals surface area contributed by atoms with Gasteiger partial charge in [0.2, 0.25) is 0 Å². The average Bonchev–Trinajstić information content (AvgIpc) is 2.03. The molecule has 0 aromatic heterocycles. The zero-order valence-corrected chi connectivity index (χ0v) is 6.73. The third kappa shape index (κ3) is 2.67. The second-order valence-electron chi connectivity index (χ2n) is 2.99. The summed E-state index contributed by atoms with van der Waals surface area (Å²) < 4.78 is 5.02. The molecule has 0 bridgehead atoms. The standard InChI is InChI=1S/C8H17NO/c1-10-6-4-8-3-2-5-9-7-8/h8-9H,2-7H2,1H3/t8-/m0/s1. The molecule has 1 saturated heterocycles. The quantitative estimate of drug-likeness (QED) is 0.637. The third-order valence-corrected chi connectivity index (χ3v) is 2.13. The Balaban J connectivity index is 2.02. The molecule has 0 saturated carbocycles. The van der Waals surface area contributed by atoms with Crippen molar-refractivity contribution in [1.82, 2.24) is 5.32 Å². The van der Waals surface area contributed by atoms with Gasteiger partial charge in [0.25, 0.3) is 0 Å². The molecule has 1 fully saturated rings. The Morgan fingerprint density at radius 2 is 2.50 bits per heavy atom. The molecule has 0 aromatic carbocycles. The smallest absolute Gasteiger partial charge is 0.0465 e. The number of hydrogen-bond acceptors (Lipinski definition) is 2. The monoisotopic (exact) mass is 143 g/mol. The summed E-state index contributed by atoms with van der Waals surface area (Å²) in [5, 5.41) is 3.39. The molecule has 0 radical (unpaired) electrons. The van der Waals surface area contributed by atoms with Crippen molar-refractivity contribution >= 4 is 0 Å². The van der Waals surface area contributed by atoms with E-state index < -0.39 is 0 Å². The van der Waals surface area contributed by atoms with E-state index in [1.807, 2.05) is 0 Å². The van der Waals surface area contributed by atoms with E-state index in [9.17, 15) is 0 Å². The van der Waals surface area contributed by atoms with Crippen molar-refractivity contribution in [1.29, 1.82) is 0 Å². The lowest BCUT2D eigenvalue weighted by Gasteiger charge is -2.21. The number of hydrogen-bond donors (Lipinski definition) is 1. The average molecular weight is 143 g/mol. The number of nitrogens with one attached hydrogen (secondary N) is 1. The van der Waals surface area contributed by atoms with E-state index in [-0.39, 0.29) is 0 Å². The number of piperidine rings is 1. The molecule has 1 aliphatic heterocycles. The molecule has 0 amide bonds. The SMILES string of the molecule is COCC[C@@H]1CCCNC1. The van der Waals surface area contributed by atoms with Gasteiger partial charge in [-0.25, -0.2) is 0 Å². The van der Waals surface area contributed by atoms with Gasteiger partial charge in [0.1, 0.15) is 0 Å². The zero-order chi connectivity index (χ0) is 7.23. The predicted molar refractivity (Wildman–Crippen MR) is 42.1 cm³/mol. The highest BCUT2D eigenvalue weighted by atomic mass is 16.5. The number of methoxy groups -OCH3 is 1. The summed E-state index contributed by atoms with van der Waals surface area (Å²) in [6, 6.07) is 0. The summed E-state index contributed by atoms with van der Waals surface area (Å²) in [5.74, 6) is 0.869. The summed E-state index contributed by atoms with van der Waals surface area (Å²) in [5.41, 5.74) is 0. The predicted octanol–water partition coefficient (Wildman–Crippen LogP) is 1.02. The number of ether oxygens (including phenoxy) is 1. The fourth-order valence-electron chi connectivity index (χ4n) is 1.45. The molecule has 0 unspecified atom stereocenters. The highest BCUT2D eigenvalue weighted by molar-refractivity contribution is 4.68. The van der Waals surface area contributed by atoms with E-state index in [1.165, 1.54) is 32.4 Å². The Kier molecular flexibility index (Phi) is 3.76. The Morgan fingerprint density at radius 1 is 1.60 bits per heavy atom. The van der Waals surface area contributed by atoms with Crippen molar-refractivity contribution < 1.29 is 4.74 Å². The molecule has 2 heteroatoms. The first-order valence-corrected chi connectivity index (χ1v) is 4.13. The summed E-state index contributed by atoms with van der Waals surface area (Å²) in [4.78, 5) is 0. The largest absolute Gasteiger partial charge is 0.385 e. The van der Waals surface area contributed by atoms with Gasteiger partial charge >= 0.3 is 0 Å². The minimum absolute atomic E-state index is 0.869. The highest BCUT2D eigenvalue weighted by Crippen LogP contribution is 2.13. The van der Waals surface area contributed by atoms with Crippen LogP contribution in [0.25, 0.3) is 0 Å². The van der Waals surface area contributed by atoms with Crippen LogP contribution in [-0.2, 0) is 4.74 Å². The van der Waals surface area contributed by atoms with Crippen LogP contribution < -0.4 is 5.32 Å². The molecule has 1 heterocycles. The first-order valence-electron chi connectivity index (χ1n) is 4.13. The van der Waals surface area contributed by atoms with E-state index in [2.05, 4.69) is 5.32 Å². The second kappa shape index (κ2) is 4.69. The maximum atomic E-state index is 5.02. The summed E-state index contributed by atoms with van der Waals surface area (Å²) in [6.07, 6.45) is 3.95. The van der Waals surface area contributed by atoms with Crippen LogP contribution in [0.5, 0.6) is 0 Å². The summed E-state index contributed by atoms with van der Waals surface area (Å²) in [7, 11) is 1.77. The van der Waals surface area contributed by atoms with E-state index in [4.69, 9.17) is 4.74 Å². The van der Waals surface area contributed by atoms with Crippen molar-refractivity contribution in [2.45, 2.75) is 19.3 Å². The number of rotatable bonds is 3. The van der Waals surface area contributed by atoms with Gasteiger partial charge in [-0.2, -0.15) is 0 Å². The second-order valence-corrected chi connectivity index (χ2v) is 2.99. The fraction of sp³-hybridized carbons (Fsp3) is 1.00. The van der Waals surface area contributed by atoms with E-state index in [0.29, 0.717) is 0 Å². The molecule has 1 atom stereocenters. The Hall–Kier alpha value is -0.0800. The van der Waals surface area contributed by atoms with Crippen LogP contribution in [0.15, 0.2) is 0 Å². The lowest BCUT2D eigenvalue weighted by molar-refractivity contribution is 0.169. The van der Waals surface area contributed by atoms with Gasteiger partial charge in [-0.05, 0) is 38.3 Å². The van der Waals surface area contributed by atoms with Crippen molar-refractivity contribution in [3.63, 3.8) is 0 Å². The molecule has 1 N–H and O–H groups in total. The minimum Gasteiger partial charge on any atom is -0.385 e. The van der Waals surface area contributed by atoms with Crippen molar-refractivity contribution in [2.24, 2.45) is 5.92 Å². The van der Waals surface area contributed by atoms with Crippen LogP contribution in [-0.4, -0.2) is 26.8 Å². The van der Waals surface area contributed by atoms with Crippen molar-refractivity contribution in [3.05, 3.63) is 0 Å². The Morgan fingerprint density at radius 3 is 3.10 bits per heavy atom. The third-order valence-electron chi connectivity index (χ3n) is 2.13. The van der Waals surface area contributed by atoms with Crippen LogP contribution in [0.4, 0.5) is 0 Å². The van der Waals surface area contributed by atoms with Gasteiger partial charge in [0.05, 0.1) is 0 Å². The van der Waals surface area contributed by atoms with E-state index in [1.54, 1.807) is 7.11 Å². The fourth-order valence-corrected chi connectivity index (χ4v) is 1.45. The van der Waals surface area contributed by atoms with Crippen molar-refractivity contribution in [2.75, 3.05) is 26.8 Å². The maximum absolute atomic E-state index is 5.02. The molecule has 1 rings (SSSR count). The lowest BCUT2D eigenvalue weighted by atomic mass is 9.97. The van der Waals surface area contributed by atoms with Gasteiger partial charge < -0.3 is 10.1 Å². The van der Waals surface area contributed by atoms with Gasteiger partial charge in [-0.1, -0.05) is 0 Å². The highest BCUT2D eigenvalue weighted by Gasteiger charge is 2.11. The first-order chi connectivity index (χ1) is 4.93. The molecule has 0 spiro atoms. The Labute approximate surface area is 63.0 Å². The molecule has 0 aromatic rings. The molecule has 60 valence electrons. The van der Waals surface area contributed by atoms with E-state index >= 15 is 0 Å². The van der Waals surface area contributed by atoms with Gasteiger partial charge in [-0.15, -0.1) is 0 Å². The van der Waals surface area contributed by atoms with Crippen LogP contribution in [0.3, 0.4) is 0 Å². The van der Waals surface area contributed by atoms with Crippen LogP contribution >= 0.6 is 0 Å². The lowest BCUT2D eigenvalue weighted by Crippen LogP contribution is -2.30. The zero-order valence-electron chi connectivity index (χ0n) is 6.73. The normalized spacial score (nSPS) is 26.7. The van der Waals surface area contributed by atoms with Crippen molar-refractivity contribution in [3.8, 4) is 0 Å². The molecule has 1 aliphatic rings. The topological polar surface area (TPSA) is 21.3 Å². The van der Waals surface area contributed by atoms with Gasteiger partial charge in [-0.3, -0.25) is 0 Å². The minimum atomic E-state index is 0.869. The van der Waals surface area contributed by atoms with Crippen LogP contribution in [0, 0.1) is 5.92 Å². The van der Waals surface area contributed by atoms with Crippen LogP contribution in [0.1, 0.15) is 19.3 Å². The summed E-state index contributed by atoms with van der Waals surface area (Å²) >= 11 is 0. The van der Waals surface area contributed by atoms with E-state index in [0.717, 1.165) is 12.5 Å². The molecular weight excluding hydrogens is 126 g/mol. The van der Waals surface area contributed by atoms with Gasteiger partial charge in [0.15, 0.2) is 0 Å². The molecule has 10 heavy (non-hydrogen) atoms.